The normalized spacial score (nSPS) is 18.9. The Morgan fingerprint density at radius 2 is 2.04 bits per heavy atom. The van der Waals surface area contributed by atoms with E-state index < -0.39 is 11.6 Å². The van der Waals surface area contributed by atoms with Crippen LogP contribution in [0.1, 0.15) is 64.9 Å². The van der Waals surface area contributed by atoms with Gasteiger partial charge in [0.25, 0.3) is 0 Å². The minimum atomic E-state index is -0.528. The highest BCUT2D eigenvalue weighted by molar-refractivity contribution is 6.02. The van der Waals surface area contributed by atoms with Gasteiger partial charge in [0.2, 0.25) is 0 Å². The highest BCUT2D eigenvalue weighted by Gasteiger charge is 2.22. The van der Waals surface area contributed by atoms with E-state index in [0.717, 1.165) is 32.1 Å². The number of unbranched alkanes of at least 4 members (excludes halogenated alkanes) is 1. The number of rotatable bonds is 10. The van der Waals surface area contributed by atoms with Gasteiger partial charge >= 0.3 is 0 Å². The fourth-order valence-electron chi connectivity index (χ4n) is 3.38. The van der Waals surface area contributed by atoms with Crippen molar-refractivity contribution in [2.75, 3.05) is 6.61 Å². The molecule has 0 saturated heterocycles. The van der Waals surface area contributed by atoms with Gasteiger partial charge in [-0.2, -0.15) is 0 Å². The van der Waals surface area contributed by atoms with E-state index in [1.54, 1.807) is 0 Å². The van der Waals surface area contributed by atoms with Gasteiger partial charge in [-0.05, 0) is 63.7 Å². The predicted octanol–water partition coefficient (Wildman–Crippen LogP) is 6.40. The van der Waals surface area contributed by atoms with E-state index in [9.17, 15) is 8.78 Å². The molecule has 27 heavy (non-hydrogen) atoms. The summed E-state index contributed by atoms with van der Waals surface area (Å²) in [6.45, 7) is 6.94. The van der Waals surface area contributed by atoms with Crippen molar-refractivity contribution in [1.82, 2.24) is 0 Å². The average molecular weight is 376 g/mol. The molecular weight excluding hydrogens is 344 g/mol. The van der Waals surface area contributed by atoms with Crippen LogP contribution in [-0.4, -0.2) is 24.5 Å². The fourth-order valence-corrected chi connectivity index (χ4v) is 3.38. The van der Waals surface area contributed by atoms with Crippen LogP contribution in [0.5, 0.6) is 0 Å². The van der Waals surface area contributed by atoms with Crippen LogP contribution < -0.4 is 0 Å². The first-order chi connectivity index (χ1) is 13.0. The third-order valence-electron chi connectivity index (χ3n) is 4.74. The molecule has 4 heteroatoms. The molecule has 0 fully saturated rings. The molecule has 0 aromatic heterocycles. The maximum atomic E-state index is 13.9. The van der Waals surface area contributed by atoms with Crippen LogP contribution in [0.15, 0.2) is 47.0 Å². The first-order valence-electron chi connectivity index (χ1n) is 10.0. The van der Waals surface area contributed by atoms with Crippen molar-refractivity contribution >= 4 is 5.71 Å². The number of halogens is 2. The third kappa shape index (κ3) is 6.69. The Labute approximate surface area is 162 Å². The summed E-state index contributed by atoms with van der Waals surface area (Å²) in [6, 6.07) is 4.06. The van der Waals surface area contributed by atoms with E-state index in [1.807, 2.05) is 6.92 Å². The van der Waals surface area contributed by atoms with Crippen LogP contribution in [0.25, 0.3) is 0 Å². The minimum Gasteiger partial charge on any atom is -0.375 e. The Balaban J connectivity index is 2.01. The molecule has 1 aromatic rings. The summed E-state index contributed by atoms with van der Waals surface area (Å²) in [7, 11) is 0. The van der Waals surface area contributed by atoms with Crippen molar-refractivity contribution in [1.29, 1.82) is 0 Å². The Morgan fingerprint density at radius 1 is 1.30 bits per heavy atom. The summed E-state index contributed by atoms with van der Waals surface area (Å²) in [5, 5.41) is 0. The summed E-state index contributed by atoms with van der Waals surface area (Å²) < 4.78 is 33.5. The molecule has 1 aliphatic heterocycles. The molecule has 1 heterocycles. The highest BCUT2D eigenvalue weighted by atomic mass is 19.1. The quantitative estimate of drug-likeness (QED) is 0.433. The predicted molar refractivity (Wildman–Crippen MR) is 108 cm³/mol. The molecular formula is C23H31F2NO. The smallest absolute Gasteiger partial charge is 0.135 e. The Kier molecular flexibility index (Phi) is 8.86. The van der Waals surface area contributed by atoms with E-state index in [2.05, 4.69) is 37.1 Å². The van der Waals surface area contributed by atoms with Gasteiger partial charge < -0.3 is 4.74 Å². The summed E-state index contributed by atoms with van der Waals surface area (Å²) >= 11 is 0. The number of hydrogen-bond donors (Lipinski definition) is 0. The molecule has 0 spiro atoms. The van der Waals surface area contributed by atoms with Crippen molar-refractivity contribution in [3.05, 3.63) is 59.2 Å². The molecule has 0 amide bonds. The maximum absolute atomic E-state index is 13.9. The van der Waals surface area contributed by atoms with Crippen molar-refractivity contribution in [3.8, 4) is 0 Å². The van der Waals surface area contributed by atoms with E-state index in [4.69, 9.17) is 4.74 Å². The van der Waals surface area contributed by atoms with Crippen molar-refractivity contribution in [2.24, 2.45) is 4.99 Å². The zero-order valence-electron chi connectivity index (χ0n) is 16.7. The van der Waals surface area contributed by atoms with E-state index in [-0.39, 0.29) is 17.7 Å². The number of nitrogens with zero attached hydrogens (tertiary/aromatic N) is 1. The summed E-state index contributed by atoms with van der Waals surface area (Å²) in [6.07, 6.45) is 12.1. The molecule has 2 nitrogen and oxygen atoms in total. The fraction of sp³-hybridized carbons (Fsp3) is 0.522. The molecule has 0 saturated carbocycles. The van der Waals surface area contributed by atoms with Gasteiger partial charge in [-0.25, -0.2) is 8.78 Å². The summed E-state index contributed by atoms with van der Waals surface area (Å²) in [5.74, 6) is -1.06. The molecule has 0 radical (unpaired) electrons. The average Bonchev–Trinajstić information content (AvgIpc) is 3.08. The molecule has 2 unspecified atom stereocenters. The zero-order chi connectivity index (χ0) is 19.6. The highest BCUT2D eigenvalue weighted by Crippen LogP contribution is 2.25. The molecule has 0 bridgehead atoms. The van der Waals surface area contributed by atoms with Gasteiger partial charge in [-0.15, -0.1) is 0 Å². The third-order valence-corrected chi connectivity index (χ3v) is 4.74. The first-order valence-corrected chi connectivity index (χ1v) is 10.0. The molecule has 0 N–H and O–H groups in total. The largest absolute Gasteiger partial charge is 0.375 e. The number of hydrogen-bond acceptors (Lipinski definition) is 2. The monoisotopic (exact) mass is 375 g/mol. The molecule has 1 aliphatic rings. The Hall–Kier alpha value is -1.81. The van der Waals surface area contributed by atoms with E-state index >= 15 is 0 Å². The molecule has 148 valence electrons. The van der Waals surface area contributed by atoms with E-state index in [0.29, 0.717) is 18.7 Å². The second-order valence-electron chi connectivity index (χ2n) is 7.01. The van der Waals surface area contributed by atoms with Crippen molar-refractivity contribution in [3.63, 3.8) is 0 Å². The summed E-state index contributed by atoms with van der Waals surface area (Å²) in [5.41, 5.74) is 1.87. The standard InChI is InChI=1S/C23H31F2NO/c1-4-6-9-18(16-17(3)27-5-2)10-7-11-19-14-15-22(26-19)23-20(24)12-8-13-21(23)25/h7-8,10,12-13,16-17,19H,4-6,9,11,14-15H2,1-3H3/b10-7-,18-16-. The minimum absolute atomic E-state index is 0.0399. The van der Waals surface area contributed by atoms with Crippen LogP contribution >= 0.6 is 0 Å². The number of allylic oxidation sites excluding steroid dienone is 2. The van der Waals surface area contributed by atoms with E-state index in [1.165, 1.54) is 23.8 Å². The molecule has 2 atom stereocenters. The zero-order valence-corrected chi connectivity index (χ0v) is 16.7. The first kappa shape index (κ1) is 21.5. The molecule has 2 rings (SSSR count). The summed E-state index contributed by atoms with van der Waals surface area (Å²) in [4.78, 5) is 4.57. The second kappa shape index (κ2) is 11.1. The lowest BCUT2D eigenvalue weighted by Gasteiger charge is -2.09. The molecule has 1 aromatic carbocycles. The van der Waals surface area contributed by atoms with Crippen molar-refractivity contribution < 1.29 is 13.5 Å². The SMILES string of the molecule is CCCCC(/C=C\CC1CCC(c2c(F)cccc2F)=N1)=C/C(C)OCC. The number of aliphatic imine (C=N–C) groups is 1. The topological polar surface area (TPSA) is 21.6 Å². The van der Waals surface area contributed by atoms with Gasteiger partial charge in [-0.1, -0.05) is 37.6 Å². The van der Waals surface area contributed by atoms with Gasteiger partial charge in [0.05, 0.1) is 17.7 Å². The lowest BCUT2D eigenvalue weighted by Crippen LogP contribution is -2.05. The number of ether oxygens (including phenoxy) is 1. The van der Waals surface area contributed by atoms with Gasteiger partial charge in [0.1, 0.15) is 11.6 Å². The Morgan fingerprint density at radius 3 is 2.70 bits per heavy atom. The van der Waals surface area contributed by atoms with Gasteiger partial charge in [0.15, 0.2) is 0 Å². The number of benzene rings is 1. The van der Waals surface area contributed by atoms with Crippen LogP contribution in [0, 0.1) is 11.6 Å². The molecule has 0 aliphatic carbocycles. The maximum Gasteiger partial charge on any atom is 0.135 e. The second-order valence-corrected chi connectivity index (χ2v) is 7.01. The lowest BCUT2D eigenvalue weighted by molar-refractivity contribution is 0.109. The van der Waals surface area contributed by atoms with Crippen LogP contribution in [0.2, 0.25) is 0 Å². The van der Waals surface area contributed by atoms with Crippen LogP contribution in [0.4, 0.5) is 8.78 Å². The van der Waals surface area contributed by atoms with Crippen LogP contribution in [-0.2, 0) is 4.74 Å². The van der Waals surface area contributed by atoms with Crippen LogP contribution in [0.3, 0.4) is 0 Å². The lowest BCUT2D eigenvalue weighted by atomic mass is 10.0. The van der Waals surface area contributed by atoms with Gasteiger partial charge in [-0.3, -0.25) is 4.99 Å². The van der Waals surface area contributed by atoms with Gasteiger partial charge in [0, 0.05) is 12.3 Å². The van der Waals surface area contributed by atoms with Crippen molar-refractivity contribution in [2.45, 2.75) is 71.4 Å². The Bertz CT molecular complexity index is 673.